The van der Waals surface area contributed by atoms with Gasteiger partial charge < -0.3 is 25.7 Å². The lowest BCUT2D eigenvalue weighted by Crippen LogP contribution is -2.41. The first-order chi connectivity index (χ1) is 7.97. The van der Waals surface area contributed by atoms with Gasteiger partial charge in [-0.1, -0.05) is 13.0 Å². The number of carboxylic acid groups (broad SMARTS) is 1. The summed E-state index contributed by atoms with van der Waals surface area (Å²) in [6.07, 6.45) is -1.31. The summed E-state index contributed by atoms with van der Waals surface area (Å²) >= 11 is 0. The van der Waals surface area contributed by atoms with Crippen LogP contribution in [0.15, 0.2) is 18.2 Å². The molecule has 1 aromatic carbocycles. The topological polar surface area (TPSA) is 110 Å². The molecule has 0 saturated carbocycles. The summed E-state index contributed by atoms with van der Waals surface area (Å²) in [4.78, 5) is 10.9. The number of carbonyl (C=O) groups is 1. The number of nitrogens with one attached hydrogen (secondary N) is 1. The summed E-state index contributed by atoms with van der Waals surface area (Å²) in [6, 6.07) is 2.52. The van der Waals surface area contributed by atoms with Crippen LogP contribution in [0.1, 0.15) is 18.6 Å². The van der Waals surface area contributed by atoms with E-state index in [0.717, 1.165) is 6.07 Å². The van der Waals surface area contributed by atoms with Crippen molar-refractivity contribution in [2.24, 2.45) is 0 Å². The highest BCUT2D eigenvalue weighted by atomic mass is 16.4. The normalized spacial score (nSPS) is 14.2. The average molecular weight is 241 g/mol. The molecule has 0 amide bonds. The summed E-state index contributed by atoms with van der Waals surface area (Å²) in [5.41, 5.74) is 0.216. The van der Waals surface area contributed by atoms with E-state index >= 15 is 0 Å². The van der Waals surface area contributed by atoms with E-state index in [9.17, 15) is 15.0 Å². The molecule has 2 atom stereocenters. The number of benzene rings is 1. The molecule has 0 aliphatic heterocycles. The van der Waals surface area contributed by atoms with Crippen molar-refractivity contribution in [1.29, 1.82) is 0 Å². The summed E-state index contributed by atoms with van der Waals surface area (Å²) in [5.74, 6) is -1.91. The molecule has 0 heterocycles. The minimum Gasteiger partial charge on any atom is -0.504 e. The number of rotatable bonds is 5. The van der Waals surface area contributed by atoms with Crippen LogP contribution in [-0.4, -0.2) is 39.0 Å². The zero-order chi connectivity index (χ0) is 13.0. The third kappa shape index (κ3) is 3.08. The van der Waals surface area contributed by atoms with E-state index in [0.29, 0.717) is 6.54 Å². The fourth-order valence-electron chi connectivity index (χ4n) is 1.47. The maximum absolute atomic E-state index is 10.9. The minimum atomic E-state index is -1.31. The maximum Gasteiger partial charge on any atom is 0.323 e. The lowest BCUT2D eigenvalue weighted by Gasteiger charge is -2.20. The number of aromatic hydroxyl groups is 2. The van der Waals surface area contributed by atoms with E-state index in [-0.39, 0.29) is 11.3 Å². The number of likely N-dealkylation sites (N-methyl/N-ethyl adjacent to an activating group) is 1. The first kappa shape index (κ1) is 13.3. The van der Waals surface area contributed by atoms with E-state index in [2.05, 4.69) is 5.32 Å². The van der Waals surface area contributed by atoms with Crippen molar-refractivity contribution in [1.82, 2.24) is 5.32 Å². The number of phenolic OH excluding ortho intramolecular Hbond substituents is 2. The van der Waals surface area contributed by atoms with Crippen molar-refractivity contribution in [2.75, 3.05) is 6.54 Å². The Hall–Kier alpha value is -1.79. The Morgan fingerprint density at radius 2 is 2.00 bits per heavy atom. The smallest absolute Gasteiger partial charge is 0.323 e. The quantitative estimate of drug-likeness (QED) is 0.471. The molecule has 6 nitrogen and oxygen atoms in total. The van der Waals surface area contributed by atoms with Crippen molar-refractivity contribution in [3.8, 4) is 11.5 Å². The van der Waals surface area contributed by atoms with Crippen molar-refractivity contribution in [3.63, 3.8) is 0 Å². The zero-order valence-electron chi connectivity index (χ0n) is 9.29. The molecule has 5 N–H and O–H groups in total. The van der Waals surface area contributed by atoms with Gasteiger partial charge in [-0.25, -0.2) is 0 Å². The molecule has 0 aliphatic rings. The standard InChI is InChI=1S/C11H15NO5/c1-2-12-9(11(16)17)10(15)6-3-4-7(13)8(14)5-6/h3-5,9-10,12-15H,2H2,1H3,(H,16,17)/t9-,10?/m0/s1. The predicted molar refractivity (Wildman–Crippen MR) is 59.8 cm³/mol. The van der Waals surface area contributed by atoms with Gasteiger partial charge >= 0.3 is 5.97 Å². The monoisotopic (exact) mass is 241 g/mol. The van der Waals surface area contributed by atoms with Crippen molar-refractivity contribution < 1.29 is 25.2 Å². The van der Waals surface area contributed by atoms with Crippen LogP contribution >= 0.6 is 0 Å². The highest BCUT2D eigenvalue weighted by molar-refractivity contribution is 5.74. The van der Waals surface area contributed by atoms with Gasteiger partial charge in [-0.15, -0.1) is 0 Å². The summed E-state index contributed by atoms with van der Waals surface area (Å²) in [5, 5.41) is 39.8. The lowest BCUT2D eigenvalue weighted by atomic mass is 10.0. The first-order valence-electron chi connectivity index (χ1n) is 5.13. The Labute approximate surface area is 98.1 Å². The van der Waals surface area contributed by atoms with Gasteiger partial charge in [0.15, 0.2) is 11.5 Å². The van der Waals surface area contributed by atoms with Gasteiger partial charge in [0.1, 0.15) is 12.1 Å². The zero-order valence-corrected chi connectivity index (χ0v) is 9.29. The van der Waals surface area contributed by atoms with Crippen LogP contribution in [0, 0.1) is 0 Å². The SMILES string of the molecule is CCN[C@H](C(=O)O)C(O)c1ccc(O)c(O)c1. The van der Waals surface area contributed by atoms with Gasteiger partial charge in [0.25, 0.3) is 0 Å². The van der Waals surface area contributed by atoms with Crippen LogP contribution < -0.4 is 5.32 Å². The molecule has 0 saturated heterocycles. The Balaban J connectivity index is 2.96. The Kier molecular flexibility index (Phi) is 4.30. The average Bonchev–Trinajstić information content (AvgIpc) is 2.28. The highest BCUT2D eigenvalue weighted by Gasteiger charge is 2.27. The van der Waals surface area contributed by atoms with Gasteiger partial charge in [0, 0.05) is 0 Å². The lowest BCUT2D eigenvalue weighted by molar-refractivity contribution is -0.142. The molecule has 0 aliphatic carbocycles. The van der Waals surface area contributed by atoms with Gasteiger partial charge in [-0.2, -0.15) is 0 Å². The number of hydrogen-bond donors (Lipinski definition) is 5. The second kappa shape index (κ2) is 5.51. The number of aliphatic hydroxyl groups is 1. The van der Waals surface area contributed by atoms with Crippen LogP contribution in [0.2, 0.25) is 0 Å². The van der Waals surface area contributed by atoms with E-state index in [1.54, 1.807) is 6.92 Å². The molecule has 1 aromatic rings. The van der Waals surface area contributed by atoms with Gasteiger partial charge in [0.05, 0.1) is 0 Å². The summed E-state index contributed by atoms with van der Waals surface area (Å²) < 4.78 is 0. The molecule has 17 heavy (non-hydrogen) atoms. The molecular formula is C11H15NO5. The molecule has 1 unspecified atom stereocenters. The fraction of sp³-hybridized carbons (Fsp3) is 0.364. The summed E-state index contributed by atoms with van der Waals surface area (Å²) in [7, 11) is 0. The van der Waals surface area contributed by atoms with E-state index in [4.69, 9.17) is 10.2 Å². The van der Waals surface area contributed by atoms with E-state index in [1.165, 1.54) is 12.1 Å². The Bertz CT molecular complexity index is 407. The predicted octanol–water partition coefficient (Wildman–Crippen LogP) is 0.194. The molecule has 94 valence electrons. The van der Waals surface area contributed by atoms with Gasteiger partial charge in [-0.3, -0.25) is 4.79 Å². The molecular weight excluding hydrogens is 226 g/mol. The van der Waals surface area contributed by atoms with Crippen LogP contribution in [-0.2, 0) is 4.79 Å². The van der Waals surface area contributed by atoms with Crippen LogP contribution in [0.25, 0.3) is 0 Å². The van der Waals surface area contributed by atoms with Crippen LogP contribution in [0.5, 0.6) is 11.5 Å². The molecule has 0 fully saturated rings. The highest BCUT2D eigenvalue weighted by Crippen LogP contribution is 2.28. The van der Waals surface area contributed by atoms with Crippen molar-refractivity contribution >= 4 is 5.97 Å². The van der Waals surface area contributed by atoms with Crippen molar-refractivity contribution in [2.45, 2.75) is 19.1 Å². The van der Waals surface area contributed by atoms with Crippen molar-refractivity contribution in [3.05, 3.63) is 23.8 Å². The largest absolute Gasteiger partial charge is 0.504 e. The van der Waals surface area contributed by atoms with E-state index in [1.807, 2.05) is 0 Å². The first-order valence-corrected chi connectivity index (χ1v) is 5.13. The second-order valence-corrected chi connectivity index (χ2v) is 3.57. The van der Waals surface area contributed by atoms with Crippen LogP contribution in [0.3, 0.4) is 0 Å². The fourth-order valence-corrected chi connectivity index (χ4v) is 1.47. The van der Waals surface area contributed by atoms with Gasteiger partial charge in [0.2, 0.25) is 0 Å². The summed E-state index contributed by atoms with van der Waals surface area (Å²) in [6.45, 7) is 2.11. The molecule has 0 spiro atoms. The third-order valence-electron chi connectivity index (χ3n) is 2.35. The number of hydrogen-bond acceptors (Lipinski definition) is 5. The number of carboxylic acids is 1. The molecule has 6 heteroatoms. The number of phenols is 2. The maximum atomic E-state index is 10.9. The molecule has 0 radical (unpaired) electrons. The molecule has 0 bridgehead atoms. The molecule has 1 rings (SSSR count). The van der Waals surface area contributed by atoms with Crippen LogP contribution in [0.4, 0.5) is 0 Å². The Morgan fingerprint density at radius 1 is 1.35 bits per heavy atom. The minimum absolute atomic E-state index is 0.216. The number of aliphatic carboxylic acids is 1. The Morgan fingerprint density at radius 3 is 2.47 bits per heavy atom. The third-order valence-corrected chi connectivity index (χ3v) is 2.35. The molecule has 0 aromatic heterocycles. The van der Waals surface area contributed by atoms with Gasteiger partial charge in [-0.05, 0) is 24.2 Å². The number of aliphatic hydroxyl groups excluding tert-OH is 1. The van der Waals surface area contributed by atoms with E-state index < -0.39 is 23.9 Å². The second-order valence-electron chi connectivity index (χ2n) is 3.57.